The van der Waals surface area contributed by atoms with Crippen LogP contribution in [0.15, 0.2) is 48.5 Å². The van der Waals surface area contributed by atoms with E-state index < -0.39 is 0 Å². The Labute approximate surface area is 135 Å². The van der Waals surface area contributed by atoms with Crippen LogP contribution < -0.4 is 5.32 Å². The molecule has 0 spiro atoms. The van der Waals surface area contributed by atoms with Gasteiger partial charge in [0.1, 0.15) is 0 Å². The highest BCUT2D eigenvalue weighted by Gasteiger charge is 2.11. The smallest absolute Gasteiger partial charge is 0.0360 e. The molecule has 0 heterocycles. The molecule has 106 valence electrons. The molecule has 2 aromatic rings. The van der Waals surface area contributed by atoms with Gasteiger partial charge in [-0.15, -0.1) is 0 Å². The predicted molar refractivity (Wildman–Crippen MR) is 95.1 cm³/mol. The molecular formula is C18H22IN. The Morgan fingerprint density at radius 3 is 2.05 bits per heavy atom. The Balaban J connectivity index is 2.13. The Kier molecular flexibility index (Phi) is 6.05. The van der Waals surface area contributed by atoms with E-state index in [2.05, 4.69) is 90.3 Å². The van der Waals surface area contributed by atoms with Gasteiger partial charge in [-0.2, -0.15) is 0 Å². The van der Waals surface area contributed by atoms with Crippen LogP contribution in [0.4, 0.5) is 0 Å². The third-order valence-corrected chi connectivity index (χ3v) is 4.31. The van der Waals surface area contributed by atoms with Crippen LogP contribution in [-0.2, 0) is 12.8 Å². The third-order valence-electron chi connectivity index (χ3n) is 3.59. The summed E-state index contributed by atoms with van der Waals surface area (Å²) in [5.41, 5.74) is 4.17. The fourth-order valence-electron chi connectivity index (χ4n) is 2.40. The van der Waals surface area contributed by atoms with E-state index in [1.165, 1.54) is 20.3 Å². The zero-order valence-corrected chi connectivity index (χ0v) is 14.4. The molecule has 0 saturated carbocycles. The molecule has 0 aliphatic heterocycles. The lowest BCUT2D eigenvalue weighted by molar-refractivity contribution is 0.550. The van der Waals surface area contributed by atoms with Crippen molar-refractivity contribution in [1.29, 1.82) is 0 Å². The van der Waals surface area contributed by atoms with E-state index in [0.717, 1.165) is 19.4 Å². The molecule has 0 aromatic heterocycles. The summed E-state index contributed by atoms with van der Waals surface area (Å²) in [6.07, 6.45) is 2.15. The molecule has 1 nitrogen and oxygen atoms in total. The maximum atomic E-state index is 3.59. The Bertz CT molecular complexity index is 516. The molecule has 0 fully saturated rings. The van der Waals surface area contributed by atoms with Gasteiger partial charge in [0.05, 0.1) is 0 Å². The zero-order valence-electron chi connectivity index (χ0n) is 12.2. The van der Waals surface area contributed by atoms with E-state index in [0.29, 0.717) is 6.04 Å². The van der Waals surface area contributed by atoms with Crippen LogP contribution in [0.3, 0.4) is 0 Å². The number of hydrogen-bond donors (Lipinski definition) is 1. The van der Waals surface area contributed by atoms with E-state index in [1.807, 2.05) is 0 Å². The molecule has 20 heavy (non-hydrogen) atoms. The molecule has 1 atom stereocenters. The van der Waals surface area contributed by atoms with Gasteiger partial charge in [-0.3, -0.25) is 0 Å². The Hall–Kier alpha value is -0.870. The van der Waals surface area contributed by atoms with Gasteiger partial charge in [0.25, 0.3) is 0 Å². The van der Waals surface area contributed by atoms with Crippen molar-refractivity contribution in [2.45, 2.75) is 32.7 Å². The van der Waals surface area contributed by atoms with Crippen LogP contribution in [-0.4, -0.2) is 6.54 Å². The van der Waals surface area contributed by atoms with Gasteiger partial charge in [0.15, 0.2) is 0 Å². The van der Waals surface area contributed by atoms with Gasteiger partial charge < -0.3 is 5.32 Å². The second-order valence-electron chi connectivity index (χ2n) is 5.04. The molecular weight excluding hydrogens is 357 g/mol. The maximum absolute atomic E-state index is 3.59. The Morgan fingerprint density at radius 1 is 0.900 bits per heavy atom. The summed E-state index contributed by atoms with van der Waals surface area (Å²) in [7, 11) is 0. The highest BCUT2D eigenvalue weighted by Crippen LogP contribution is 2.20. The van der Waals surface area contributed by atoms with Gasteiger partial charge in [-0.05, 0) is 70.8 Å². The number of rotatable bonds is 6. The third kappa shape index (κ3) is 4.32. The average molecular weight is 379 g/mol. The average Bonchev–Trinajstić information content (AvgIpc) is 2.48. The van der Waals surface area contributed by atoms with Crippen LogP contribution in [0.25, 0.3) is 0 Å². The monoisotopic (exact) mass is 379 g/mol. The van der Waals surface area contributed by atoms with Crippen molar-refractivity contribution >= 4 is 22.6 Å². The van der Waals surface area contributed by atoms with Crippen LogP contribution in [0.1, 0.15) is 36.6 Å². The number of halogens is 1. The van der Waals surface area contributed by atoms with Gasteiger partial charge in [0, 0.05) is 9.61 Å². The summed E-state index contributed by atoms with van der Waals surface area (Å²) in [6.45, 7) is 5.35. The van der Waals surface area contributed by atoms with E-state index in [9.17, 15) is 0 Å². The predicted octanol–water partition coefficient (Wildman–Crippen LogP) is 4.75. The van der Waals surface area contributed by atoms with Crippen molar-refractivity contribution in [2.75, 3.05) is 6.54 Å². The van der Waals surface area contributed by atoms with Crippen LogP contribution in [0.5, 0.6) is 0 Å². The van der Waals surface area contributed by atoms with Gasteiger partial charge in [-0.1, -0.05) is 50.2 Å². The molecule has 0 saturated heterocycles. The topological polar surface area (TPSA) is 12.0 Å². The van der Waals surface area contributed by atoms with Crippen LogP contribution in [0.2, 0.25) is 0 Å². The first-order chi connectivity index (χ1) is 9.72. The molecule has 1 unspecified atom stereocenters. The van der Waals surface area contributed by atoms with E-state index >= 15 is 0 Å². The normalized spacial score (nSPS) is 12.3. The summed E-state index contributed by atoms with van der Waals surface area (Å²) < 4.78 is 1.29. The zero-order chi connectivity index (χ0) is 14.4. The summed E-state index contributed by atoms with van der Waals surface area (Å²) in [6, 6.07) is 18.2. The quantitative estimate of drug-likeness (QED) is 0.715. The molecule has 1 N–H and O–H groups in total. The highest BCUT2D eigenvalue weighted by molar-refractivity contribution is 14.1. The first kappa shape index (κ1) is 15.5. The van der Waals surface area contributed by atoms with Crippen LogP contribution >= 0.6 is 22.6 Å². The number of nitrogens with one attached hydrogen (secondary N) is 1. The molecule has 2 heteroatoms. The number of benzene rings is 2. The molecule has 2 rings (SSSR count). The molecule has 0 radical (unpaired) electrons. The van der Waals surface area contributed by atoms with Crippen LogP contribution in [0, 0.1) is 3.57 Å². The van der Waals surface area contributed by atoms with E-state index in [1.54, 1.807) is 0 Å². The van der Waals surface area contributed by atoms with Crippen molar-refractivity contribution < 1.29 is 0 Å². The summed E-state index contributed by atoms with van der Waals surface area (Å²) >= 11 is 2.35. The lowest BCUT2D eigenvalue weighted by Gasteiger charge is -2.19. The van der Waals surface area contributed by atoms with Crippen molar-refractivity contribution in [1.82, 2.24) is 5.32 Å². The molecule has 2 aromatic carbocycles. The fourth-order valence-corrected chi connectivity index (χ4v) is 2.76. The lowest BCUT2D eigenvalue weighted by atomic mass is 9.98. The largest absolute Gasteiger partial charge is 0.310 e. The second-order valence-corrected chi connectivity index (χ2v) is 6.28. The summed E-state index contributed by atoms with van der Waals surface area (Å²) in [4.78, 5) is 0. The minimum absolute atomic E-state index is 0.393. The van der Waals surface area contributed by atoms with E-state index in [4.69, 9.17) is 0 Å². The van der Waals surface area contributed by atoms with Crippen molar-refractivity contribution in [2.24, 2.45) is 0 Å². The van der Waals surface area contributed by atoms with Gasteiger partial charge in [-0.25, -0.2) is 0 Å². The standard InChI is InChI=1S/C18H22IN/c1-3-14-5-7-15(8-6-14)13-18(20-4-2)16-9-11-17(19)12-10-16/h5-12,18,20H,3-4,13H2,1-2H3. The molecule has 0 aliphatic carbocycles. The fraction of sp³-hybridized carbons (Fsp3) is 0.333. The van der Waals surface area contributed by atoms with Gasteiger partial charge in [0.2, 0.25) is 0 Å². The van der Waals surface area contributed by atoms with Gasteiger partial charge >= 0.3 is 0 Å². The maximum Gasteiger partial charge on any atom is 0.0360 e. The first-order valence-electron chi connectivity index (χ1n) is 7.29. The summed E-state index contributed by atoms with van der Waals surface area (Å²) in [5, 5.41) is 3.59. The van der Waals surface area contributed by atoms with Crippen molar-refractivity contribution in [3.8, 4) is 0 Å². The second kappa shape index (κ2) is 7.79. The van der Waals surface area contributed by atoms with Crippen molar-refractivity contribution in [3.63, 3.8) is 0 Å². The first-order valence-corrected chi connectivity index (χ1v) is 8.37. The number of likely N-dealkylation sites (N-methyl/N-ethyl adjacent to an activating group) is 1. The number of hydrogen-bond acceptors (Lipinski definition) is 1. The van der Waals surface area contributed by atoms with Crippen molar-refractivity contribution in [3.05, 3.63) is 68.8 Å². The minimum atomic E-state index is 0.393. The molecule has 0 amide bonds. The number of aryl methyl sites for hydroxylation is 1. The highest BCUT2D eigenvalue weighted by atomic mass is 127. The SMILES string of the molecule is CCNC(Cc1ccc(CC)cc1)c1ccc(I)cc1. The summed E-state index contributed by atoms with van der Waals surface area (Å²) in [5.74, 6) is 0. The molecule has 0 bridgehead atoms. The molecule has 0 aliphatic rings. The Morgan fingerprint density at radius 2 is 1.50 bits per heavy atom. The van der Waals surface area contributed by atoms with E-state index in [-0.39, 0.29) is 0 Å². The lowest BCUT2D eigenvalue weighted by Crippen LogP contribution is -2.22. The minimum Gasteiger partial charge on any atom is -0.310 e.